The van der Waals surface area contributed by atoms with Gasteiger partial charge in [-0.2, -0.15) is 10.5 Å². The smallest absolute Gasteiger partial charge is 0.230 e. The minimum Gasteiger partial charge on any atom is -0.360 e. The second-order valence-electron chi connectivity index (χ2n) is 5.27. The number of allylic oxidation sites excluding steroid dienone is 1. The van der Waals surface area contributed by atoms with Gasteiger partial charge in [-0.05, 0) is 18.6 Å². The maximum absolute atomic E-state index is 11.9. The summed E-state index contributed by atoms with van der Waals surface area (Å²) in [6, 6.07) is 9.09. The van der Waals surface area contributed by atoms with Gasteiger partial charge in [-0.1, -0.05) is 19.9 Å². The van der Waals surface area contributed by atoms with Gasteiger partial charge in [-0.25, -0.2) is 0 Å². The van der Waals surface area contributed by atoms with Crippen LogP contribution in [0.1, 0.15) is 19.4 Å². The maximum Gasteiger partial charge on any atom is 0.230 e. The van der Waals surface area contributed by atoms with Gasteiger partial charge in [-0.15, -0.1) is 0 Å². The van der Waals surface area contributed by atoms with Crippen molar-refractivity contribution in [1.29, 1.82) is 10.5 Å². The van der Waals surface area contributed by atoms with Crippen LogP contribution in [0.5, 0.6) is 0 Å². The lowest BCUT2D eigenvalue weighted by molar-refractivity contribution is -0.124. The van der Waals surface area contributed by atoms with Crippen molar-refractivity contribution >= 4 is 17.3 Å². The third kappa shape index (κ3) is 2.48. The van der Waals surface area contributed by atoms with E-state index in [4.69, 9.17) is 10.5 Å². The number of benzene rings is 1. The molecular formula is C15H14N4O. The summed E-state index contributed by atoms with van der Waals surface area (Å²) in [4.78, 5) is 11.9. The molecule has 5 nitrogen and oxygen atoms in total. The second-order valence-corrected chi connectivity index (χ2v) is 5.27. The van der Waals surface area contributed by atoms with E-state index >= 15 is 0 Å². The number of nitrogens with one attached hydrogen (secondary N) is 2. The summed E-state index contributed by atoms with van der Waals surface area (Å²) in [6.45, 7) is 3.77. The molecule has 1 amide bonds. The second kappa shape index (κ2) is 5.07. The van der Waals surface area contributed by atoms with Crippen LogP contribution in [0.25, 0.3) is 0 Å². The van der Waals surface area contributed by atoms with Crippen LogP contribution in [0.15, 0.2) is 30.0 Å². The summed E-state index contributed by atoms with van der Waals surface area (Å²) in [6.07, 6.45) is 1.97. The lowest BCUT2D eigenvalue weighted by Crippen LogP contribution is -2.37. The minimum atomic E-state index is -0.484. The molecule has 5 heteroatoms. The molecule has 2 N–H and O–H groups in total. The minimum absolute atomic E-state index is 0.00158. The quantitative estimate of drug-likeness (QED) is 0.805. The normalized spacial score (nSPS) is 15.1. The van der Waals surface area contributed by atoms with Crippen LogP contribution in [0, 0.1) is 28.1 Å². The van der Waals surface area contributed by atoms with E-state index in [-0.39, 0.29) is 11.5 Å². The molecule has 0 atom stereocenters. The summed E-state index contributed by atoms with van der Waals surface area (Å²) >= 11 is 0. The first kappa shape index (κ1) is 13.6. The predicted octanol–water partition coefficient (Wildman–Crippen LogP) is 2.55. The first-order valence-corrected chi connectivity index (χ1v) is 6.18. The Bertz CT molecular complexity index is 658. The highest BCUT2D eigenvalue weighted by atomic mass is 16.2. The molecule has 0 aromatic heterocycles. The Morgan fingerprint density at radius 1 is 1.40 bits per heavy atom. The number of anilines is 2. The fraction of sp³-hybridized carbons (Fsp3) is 0.267. The predicted molar refractivity (Wildman–Crippen MR) is 75.5 cm³/mol. The highest BCUT2D eigenvalue weighted by molar-refractivity contribution is 5.99. The Kier molecular flexibility index (Phi) is 3.45. The van der Waals surface area contributed by atoms with Crippen LogP contribution in [-0.2, 0) is 11.2 Å². The standard InChI is InChI=1S/C15H14N4O/c1-15(2)6-11-12(18-9-10(7-16)8-17)4-3-5-13(11)19-14(15)20/h3-5,9,18H,6H2,1-2H3,(H,19,20). The molecule has 1 aliphatic rings. The maximum atomic E-state index is 11.9. The molecule has 0 aliphatic carbocycles. The number of rotatable bonds is 2. The van der Waals surface area contributed by atoms with Gasteiger partial charge in [0, 0.05) is 28.6 Å². The number of carbonyl (C=O) groups is 1. The van der Waals surface area contributed by atoms with E-state index in [9.17, 15) is 4.79 Å². The number of nitrogens with zero attached hydrogens (tertiary/aromatic N) is 2. The average Bonchev–Trinajstić information content (AvgIpc) is 2.41. The van der Waals surface area contributed by atoms with Crippen molar-refractivity contribution in [3.63, 3.8) is 0 Å². The zero-order valence-electron chi connectivity index (χ0n) is 11.3. The Morgan fingerprint density at radius 3 is 2.75 bits per heavy atom. The van der Waals surface area contributed by atoms with Gasteiger partial charge in [0.05, 0.1) is 0 Å². The number of nitriles is 2. The van der Waals surface area contributed by atoms with Gasteiger partial charge < -0.3 is 10.6 Å². The number of fused-ring (bicyclic) bond motifs is 1. The fourth-order valence-electron chi connectivity index (χ4n) is 2.08. The summed E-state index contributed by atoms with van der Waals surface area (Å²) < 4.78 is 0. The molecule has 0 radical (unpaired) electrons. The number of amides is 1. The van der Waals surface area contributed by atoms with Crippen LogP contribution in [0.2, 0.25) is 0 Å². The van der Waals surface area contributed by atoms with Crippen molar-refractivity contribution in [2.24, 2.45) is 5.41 Å². The number of hydrogen-bond donors (Lipinski definition) is 2. The van der Waals surface area contributed by atoms with Crippen LogP contribution < -0.4 is 10.6 Å². The molecule has 0 unspecified atom stereocenters. The lowest BCUT2D eigenvalue weighted by Gasteiger charge is -2.31. The van der Waals surface area contributed by atoms with E-state index in [0.29, 0.717) is 6.42 Å². The van der Waals surface area contributed by atoms with Crippen molar-refractivity contribution < 1.29 is 4.79 Å². The molecule has 2 rings (SSSR count). The molecule has 1 heterocycles. The first-order valence-electron chi connectivity index (χ1n) is 6.18. The molecule has 0 saturated carbocycles. The van der Waals surface area contributed by atoms with Crippen molar-refractivity contribution in [2.75, 3.05) is 10.6 Å². The molecule has 1 aromatic rings. The van der Waals surface area contributed by atoms with E-state index in [1.165, 1.54) is 6.20 Å². The van der Waals surface area contributed by atoms with Crippen molar-refractivity contribution in [2.45, 2.75) is 20.3 Å². The van der Waals surface area contributed by atoms with Crippen LogP contribution in [-0.4, -0.2) is 5.91 Å². The first-order chi connectivity index (χ1) is 9.47. The molecule has 0 bridgehead atoms. The third-order valence-corrected chi connectivity index (χ3v) is 3.27. The average molecular weight is 266 g/mol. The van der Waals surface area contributed by atoms with Crippen molar-refractivity contribution in [3.05, 3.63) is 35.5 Å². The zero-order valence-corrected chi connectivity index (χ0v) is 11.3. The van der Waals surface area contributed by atoms with Gasteiger partial charge in [0.2, 0.25) is 5.91 Å². The molecular weight excluding hydrogens is 252 g/mol. The van der Waals surface area contributed by atoms with Gasteiger partial charge in [0.15, 0.2) is 0 Å². The molecule has 1 aliphatic heterocycles. The highest BCUT2D eigenvalue weighted by Crippen LogP contribution is 2.37. The molecule has 0 spiro atoms. The van der Waals surface area contributed by atoms with Gasteiger partial charge in [-0.3, -0.25) is 4.79 Å². The SMILES string of the molecule is CC1(C)Cc2c(NC=C(C#N)C#N)cccc2NC1=O. The molecule has 100 valence electrons. The Balaban J connectivity index is 2.37. The van der Waals surface area contributed by atoms with Gasteiger partial charge in [0.25, 0.3) is 0 Å². The Labute approximate surface area is 117 Å². The van der Waals surface area contributed by atoms with Crippen LogP contribution in [0.4, 0.5) is 11.4 Å². The van der Waals surface area contributed by atoms with E-state index in [0.717, 1.165) is 16.9 Å². The van der Waals surface area contributed by atoms with E-state index in [1.807, 2.05) is 32.0 Å². The largest absolute Gasteiger partial charge is 0.360 e. The highest BCUT2D eigenvalue weighted by Gasteiger charge is 2.34. The van der Waals surface area contributed by atoms with Crippen molar-refractivity contribution in [3.8, 4) is 12.1 Å². The number of hydrogen-bond acceptors (Lipinski definition) is 4. The topological polar surface area (TPSA) is 88.7 Å². The summed E-state index contributed by atoms with van der Waals surface area (Å²) in [7, 11) is 0. The summed E-state index contributed by atoms with van der Waals surface area (Å²) in [5, 5.41) is 23.3. The van der Waals surface area contributed by atoms with Crippen LogP contribution >= 0.6 is 0 Å². The fourth-order valence-corrected chi connectivity index (χ4v) is 2.08. The molecule has 0 fully saturated rings. The Hall–Kier alpha value is -2.79. The lowest BCUT2D eigenvalue weighted by atomic mass is 9.81. The summed E-state index contributed by atoms with van der Waals surface area (Å²) in [5.41, 5.74) is 2.05. The van der Waals surface area contributed by atoms with E-state index < -0.39 is 5.41 Å². The summed E-state index contributed by atoms with van der Waals surface area (Å²) in [5.74, 6) is -0.00701. The monoisotopic (exact) mass is 266 g/mol. The third-order valence-electron chi connectivity index (χ3n) is 3.27. The van der Waals surface area contributed by atoms with Gasteiger partial charge in [0.1, 0.15) is 17.7 Å². The molecule has 20 heavy (non-hydrogen) atoms. The van der Waals surface area contributed by atoms with Gasteiger partial charge >= 0.3 is 0 Å². The van der Waals surface area contributed by atoms with Crippen LogP contribution in [0.3, 0.4) is 0 Å². The molecule has 0 saturated heterocycles. The molecule has 1 aromatic carbocycles. The Morgan fingerprint density at radius 2 is 2.10 bits per heavy atom. The van der Waals surface area contributed by atoms with E-state index in [2.05, 4.69) is 10.6 Å². The zero-order chi connectivity index (χ0) is 14.8. The van der Waals surface area contributed by atoms with E-state index in [1.54, 1.807) is 12.1 Å². The van der Waals surface area contributed by atoms with Crippen molar-refractivity contribution in [1.82, 2.24) is 0 Å². The number of carbonyl (C=O) groups excluding carboxylic acids is 1.